The smallest absolute Gasteiger partial charge is 0.0666 e. The first kappa shape index (κ1) is 12.5. The van der Waals surface area contributed by atoms with Crippen molar-refractivity contribution in [3.05, 3.63) is 0 Å². The molecular weight excluding hydrogens is 174 g/mol. The predicted octanol–water partition coefficient (Wildman–Crippen LogP) is 2.90. The number of nitrogens with zero attached hydrogens (tertiary/aromatic N) is 3. The first-order chi connectivity index (χ1) is 6.85. The van der Waals surface area contributed by atoms with Gasteiger partial charge in [0.25, 0.3) is 0 Å². The molecule has 0 N–H and O–H groups in total. The van der Waals surface area contributed by atoms with E-state index in [2.05, 4.69) is 12.1 Å². The average Bonchev–Trinajstić information content (AvgIpc) is 2.21. The number of nitriles is 3. The van der Waals surface area contributed by atoms with Crippen LogP contribution in [0.5, 0.6) is 0 Å². The molecule has 0 spiro atoms. The molecule has 0 aliphatic carbocycles. The molecule has 0 radical (unpaired) electrons. The molecule has 1 atom stereocenters. The van der Waals surface area contributed by atoms with E-state index in [0.29, 0.717) is 12.8 Å². The average molecular weight is 189 g/mol. The molecule has 0 aliphatic heterocycles. The Morgan fingerprint density at radius 2 is 1.57 bits per heavy atom. The molecule has 0 aromatic heterocycles. The minimum atomic E-state index is -0.101. The van der Waals surface area contributed by atoms with Gasteiger partial charge in [0.2, 0.25) is 0 Å². The van der Waals surface area contributed by atoms with E-state index in [4.69, 9.17) is 15.8 Å². The van der Waals surface area contributed by atoms with Crippen LogP contribution in [0.1, 0.15) is 44.9 Å². The van der Waals surface area contributed by atoms with Gasteiger partial charge >= 0.3 is 0 Å². The zero-order valence-corrected chi connectivity index (χ0v) is 8.37. The van der Waals surface area contributed by atoms with Crippen molar-refractivity contribution in [3.63, 3.8) is 0 Å². The molecule has 0 fully saturated rings. The molecule has 74 valence electrons. The van der Waals surface area contributed by atoms with Gasteiger partial charge < -0.3 is 0 Å². The zero-order chi connectivity index (χ0) is 10.6. The summed E-state index contributed by atoms with van der Waals surface area (Å²) in [6.07, 6.45) is 5.84. The maximum absolute atomic E-state index is 8.65. The highest BCUT2D eigenvalue weighted by atomic mass is 14.3. The van der Waals surface area contributed by atoms with Crippen molar-refractivity contribution in [1.29, 1.82) is 15.8 Å². The molecule has 0 heterocycles. The summed E-state index contributed by atoms with van der Waals surface area (Å²) in [5, 5.41) is 25.3. The van der Waals surface area contributed by atoms with E-state index < -0.39 is 0 Å². The summed E-state index contributed by atoms with van der Waals surface area (Å²) in [7, 11) is 0. The quantitative estimate of drug-likeness (QED) is 0.578. The van der Waals surface area contributed by atoms with Gasteiger partial charge in [-0.3, -0.25) is 0 Å². The summed E-state index contributed by atoms with van der Waals surface area (Å²) in [5.41, 5.74) is 0. The van der Waals surface area contributed by atoms with Crippen LogP contribution in [0.3, 0.4) is 0 Å². The molecule has 0 amide bonds. The van der Waals surface area contributed by atoms with Crippen LogP contribution in [0.2, 0.25) is 0 Å². The highest BCUT2D eigenvalue weighted by Gasteiger charge is 2.05. The fourth-order valence-corrected chi connectivity index (χ4v) is 1.27. The molecule has 0 bridgehead atoms. The normalized spacial score (nSPS) is 10.9. The highest BCUT2D eigenvalue weighted by Crippen LogP contribution is 2.13. The van der Waals surface area contributed by atoms with Crippen molar-refractivity contribution in [2.24, 2.45) is 5.92 Å². The Morgan fingerprint density at radius 3 is 2.14 bits per heavy atom. The molecule has 14 heavy (non-hydrogen) atoms. The van der Waals surface area contributed by atoms with Crippen LogP contribution in [0.4, 0.5) is 0 Å². The zero-order valence-electron chi connectivity index (χ0n) is 8.37. The highest BCUT2D eigenvalue weighted by molar-refractivity contribution is 4.89. The van der Waals surface area contributed by atoms with E-state index in [0.717, 1.165) is 32.1 Å². The van der Waals surface area contributed by atoms with Crippen LogP contribution in [0.15, 0.2) is 0 Å². The summed E-state index contributed by atoms with van der Waals surface area (Å²) < 4.78 is 0. The molecule has 0 saturated heterocycles. The maximum Gasteiger partial charge on any atom is 0.0666 e. The van der Waals surface area contributed by atoms with Crippen LogP contribution < -0.4 is 0 Å². The lowest BCUT2D eigenvalue weighted by atomic mass is 9.99. The maximum atomic E-state index is 8.65. The summed E-state index contributed by atoms with van der Waals surface area (Å²) in [6, 6.07) is 6.25. The number of hydrogen-bond donors (Lipinski definition) is 0. The Hall–Kier alpha value is -1.53. The molecule has 0 saturated carbocycles. The Balaban J connectivity index is 3.32. The lowest BCUT2D eigenvalue weighted by Gasteiger charge is -2.03. The molecule has 0 rings (SSSR count). The SMILES string of the molecule is N#CCCCCCCC(C#N)CC#N. The number of rotatable bonds is 7. The fraction of sp³-hybridized carbons (Fsp3) is 0.727. The third kappa shape index (κ3) is 7.14. The van der Waals surface area contributed by atoms with Crippen LogP contribution in [-0.4, -0.2) is 0 Å². The van der Waals surface area contributed by atoms with E-state index in [1.807, 2.05) is 6.07 Å². The summed E-state index contributed by atoms with van der Waals surface area (Å²) >= 11 is 0. The van der Waals surface area contributed by atoms with Gasteiger partial charge in [-0.05, 0) is 12.8 Å². The molecule has 0 aliphatic rings. The van der Waals surface area contributed by atoms with Gasteiger partial charge in [0.05, 0.1) is 30.5 Å². The van der Waals surface area contributed by atoms with Crippen molar-refractivity contribution in [2.75, 3.05) is 0 Å². The van der Waals surface area contributed by atoms with Crippen molar-refractivity contribution in [2.45, 2.75) is 44.9 Å². The molecule has 1 unspecified atom stereocenters. The second kappa shape index (κ2) is 9.56. The second-order valence-electron chi connectivity index (χ2n) is 3.30. The van der Waals surface area contributed by atoms with Gasteiger partial charge in [-0.1, -0.05) is 19.3 Å². The van der Waals surface area contributed by atoms with Gasteiger partial charge in [-0.25, -0.2) is 0 Å². The van der Waals surface area contributed by atoms with Gasteiger partial charge in [0, 0.05) is 6.42 Å². The Bertz CT molecular complexity index is 251. The Kier molecular flexibility index (Phi) is 8.51. The van der Waals surface area contributed by atoms with Crippen molar-refractivity contribution in [1.82, 2.24) is 0 Å². The van der Waals surface area contributed by atoms with Gasteiger partial charge in [-0.15, -0.1) is 0 Å². The van der Waals surface area contributed by atoms with Crippen LogP contribution >= 0.6 is 0 Å². The van der Waals surface area contributed by atoms with Gasteiger partial charge in [0.1, 0.15) is 0 Å². The Morgan fingerprint density at radius 1 is 0.857 bits per heavy atom. The number of hydrogen-bond acceptors (Lipinski definition) is 3. The fourth-order valence-electron chi connectivity index (χ4n) is 1.27. The molecular formula is C11H15N3. The van der Waals surface area contributed by atoms with Crippen molar-refractivity contribution < 1.29 is 0 Å². The molecule has 3 heteroatoms. The Labute approximate surface area is 85.6 Å². The van der Waals surface area contributed by atoms with Gasteiger partial charge in [-0.2, -0.15) is 15.8 Å². The first-order valence-electron chi connectivity index (χ1n) is 4.98. The second-order valence-corrected chi connectivity index (χ2v) is 3.30. The van der Waals surface area contributed by atoms with Crippen LogP contribution in [0.25, 0.3) is 0 Å². The van der Waals surface area contributed by atoms with Crippen LogP contribution in [0, 0.1) is 39.9 Å². The summed E-state index contributed by atoms with van der Waals surface area (Å²) in [6.45, 7) is 0. The lowest BCUT2D eigenvalue weighted by molar-refractivity contribution is 0.541. The van der Waals surface area contributed by atoms with Crippen molar-refractivity contribution >= 4 is 0 Å². The third-order valence-electron chi connectivity index (χ3n) is 2.11. The topological polar surface area (TPSA) is 71.4 Å². The van der Waals surface area contributed by atoms with E-state index in [-0.39, 0.29) is 5.92 Å². The molecule has 0 aromatic rings. The van der Waals surface area contributed by atoms with E-state index >= 15 is 0 Å². The molecule has 0 aromatic carbocycles. The van der Waals surface area contributed by atoms with E-state index in [1.165, 1.54) is 0 Å². The van der Waals surface area contributed by atoms with Crippen LogP contribution in [-0.2, 0) is 0 Å². The van der Waals surface area contributed by atoms with Gasteiger partial charge in [0.15, 0.2) is 0 Å². The third-order valence-corrected chi connectivity index (χ3v) is 2.11. The monoisotopic (exact) mass is 189 g/mol. The lowest BCUT2D eigenvalue weighted by Crippen LogP contribution is -1.95. The summed E-state index contributed by atoms with van der Waals surface area (Å²) in [5.74, 6) is -0.101. The minimum absolute atomic E-state index is 0.101. The minimum Gasteiger partial charge on any atom is -0.198 e. The largest absolute Gasteiger partial charge is 0.198 e. The number of unbranched alkanes of at least 4 members (excludes halogenated alkanes) is 4. The van der Waals surface area contributed by atoms with E-state index in [1.54, 1.807) is 0 Å². The van der Waals surface area contributed by atoms with Crippen molar-refractivity contribution in [3.8, 4) is 18.2 Å². The summed E-state index contributed by atoms with van der Waals surface area (Å²) in [4.78, 5) is 0. The standard InChI is InChI=1S/C11H15N3/c12-8-5-3-1-2-4-6-11(10-14)7-9-13/h11H,1-7H2. The first-order valence-corrected chi connectivity index (χ1v) is 4.98. The molecule has 3 nitrogen and oxygen atoms in total. The van der Waals surface area contributed by atoms with E-state index in [9.17, 15) is 0 Å². The predicted molar refractivity (Wildman–Crippen MR) is 52.6 cm³/mol.